The van der Waals surface area contributed by atoms with E-state index in [4.69, 9.17) is 17.3 Å². The van der Waals surface area contributed by atoms with E-state index < -0.39 is 0 Å². The molecule has 0 unspecified atom stereocenters. The van der Waals surface area contributed by atoms with E-state index >= 15 is 0 Å². The summed E-state index contributed by atoms with van der Waals surface area (Å²) in [7, 11) is 0. The van der Waals surface area contributed by atoms with Gasteiger partial charge in [0, 0.05) is 22.8 Å². The second kappa shape index (κ2) is 5.55. The molecular formula is C14H18ClN3. The number of hydrogen-bond acceptors (Lipinski definition) is 2. The molecule has 0 saturated heterocycles. The van der Waals surface area contributed by atoms with Crippen LogP contribution in [-0.4, -0.2) is 9.78 Å². The Labute approximate surface area is 113 Å². The van der Waals surface area contributed by atoms with Gasteiger partial charge in [0.25, 0.3) is 0 Å². The highest BCUT2D eigenvalue weighted by molar-refractivity contribution is 6.30. The molecule has 1 aromatic heterocycles. The Bertz CT molecular complexity index is 546. The summed E-state index contributed by atoms with van der Waals surface area (Å²) in [5.74, 6) is 0. The van der Waals surface area contributed by atoms with Crippen molar-refractivity contribution in [2.45, 2.75) is 33.2 Å². The average molecular weight is 264 g/mol. The monoisotopic (exact) mass is 263 g/mol. The van der Waals surface area contributed by atoms with Gasteiger partial charge in [-0.15, -0.1) is 0 Å². The number of halogens is 1. The van der Waals surface area contributed by atoms with Crippen molar-refractivity contribution in [3.8, 4) is 5.69 Å². The molecule has 0 amide bonds. The largest absolute Gasteiger partial charge is 0.326 e. The van der Waals surface area contributed by atoms with Crippen LogP contribution in [0.3, 0.4) is 0 Å². The van der Waals surface area contributed by atoms with E-state index in [0.717, 1.165) is 29.2 Å². The van der Waals surface area contributed by atoms with E-state index in [-0.39, 0.29) is 0 Å². The van der Waals surface area contributed by atoms with Crippen LogP contribution in [0.1, 0.15) is 30.8 Å². The van der Waals surface area contributed by atoms with Crippen molar-refractivity contribution >= 4 is 11.6 Å². The number of hydrogen-bond donors (Lipinski definition) is 1. The van der Waals surface area contributed by atoms with Gasteiger partial charge in [-0.2, -0.15) is 5.10 Å². The Morgan fingerprint density at radius 2 is 2.06 bits per heavy atom. The number of aryl methyl sites for hydroxylation is 1. The van der Waals surface area contributed by atoms with Gasteiger partial charge in [-0.25, -0.2) is 4.68 Å². The van der Waals surface area contributed by atoms with Gasteiger partial charge in [0.15, 0.2) is 0 Å². The summed E-state index contributed by atoms with van der Waals surface area (Å²) in [5.41, 5.74) is 10.3. The average Bonchev–Trinajstić information content (AvgIpc) is 2.76. The molecular weight excluding hydrogens is 246 g/mol. The third-order valence-corrected chi connectivity index (χ3v) is 3.33. The van der Waals surface area contributed by atoms with E-state index in [2.05, 4.69) is 18.9 Å². The predicted molar refractivity (Wildman–Crippen MR) is 75.2 cm³/mol. The first-order valence-corrected chi connectivity index (χ1v) is 6.64. The Hall–Kier alpha value is -1.32. The minimum atomic E-state index is 0.535. The van der Waals surface area contributed by atoms with Crippen molar-refractivity contribution in [1.29, 1.82) is 0 Å². The van der Waals surface area contributed by atoms with Gasteiger partial charge in [-0.1, -0.05) is 31.5 Å². The Morgan fingerprint density at radius 1 is 1.28 bits per heavy atom. The lowest BCUT2D eigenvalue weighted by Gasteiger charge is -2.07. The van der Waals surface area contributed by atoms with E-state index in [9.17, 15) is 0 Å². The number of rotatable bonds is 4. The first-order chi connectivity index (χ1) is 8.71. The minimum absolute atomic E-state index is 0.535. The van der Waals surface area contributed by atoms with E-state index in [1.165, 1.54) is 11.3 Å². The summed E-state index contributed by atoms with van der Waals surface area (Å²) in [5, 5.41) is 5.38. The fourth-order valence-corrected chi connectivity index (χ4v) is 2.42. The molecule has 0 aliphatic carbocycles. The van der Waals surface area contributed by atoms with Gasteiger partial charge in [-0.05, 0) is 31.0 Å². The second-order valence-corrected chi connectivity index (χ2v) is 4.61. The lowest BCUT2D eigenvalue weighted by molar-refractivity contribution is 0.793. The molecule has 2 N–H and O–H groups in total. The summed E-state index contributed by atoms with van der Waals surface area (Å²) >= 11 is 6.04. The molecule has 1 aromatic carbocycles. The Balaban J connectivity index is 2.60. The summed E-state index contributed by atoms with van der Waals surface area (Å²) in [6.45, 7) is 4.76. The van der Waals surface area contributed by atoms with Crippen LogP contribution < -0.4 is 5.73 Å². The molecule has 0 aliphatic rings. The molecule has 0 radical (unpaired) electrons. The highest BCUT2D eigenvalue weighted by Crippen LogP contribution is 2.21. The van der Waals surface area contributed by atoms with Crippen molar-refractivity contribution in [2.75, 3.05) is 0 Å². The van der Waals surface area contributed by atoms with Crippen LogP contribution in [0.15, 0.2) is 24.3 Å². The molecule has 1 heterocycles. The molecule has 4 heteroatoms. The molecule has 96 valence electrons. The fourth-order valence-electron chi connectivity index (χ4n) is 2.24. The highest BCUT2D eigenvalue weighted by Gasteiger charge is 2.15. The maximum Gasteiger partial charge on any atom is 0.0674 e. The highest BCUT2D eigenvalue weighted by atomic mass is 35.5. The van der Waals surface area contributed by atoms with Gasteiger partial charge in [-0.3, -0.25) is 0 Å². The maximum atomic E-state index is 6.04. The van der Waals surface area contributed by atoms with Crippen molar-refractivity contribution < 1.29 is 0 Å². The molecule has 2 rings (SSSR count). The maximum absolute atomic E-state index is 6.04. The minimum Gasteiger partial charge on any atom is -0.326 e. The third kappa shape index (κ3) is 2.28. The van der Waals surface area contributed by atoms with E-state index in [0.29, 0.717) is 6.54 Å². The van der Waals surface area contributed by atoms with Gasteiger partial charge >= 0.3 is 0 Å². The molecule has 18 heavy (non-hydrogen) atoms. The number of aromatic nitrogens is 2. The molecule has 0 saturated carbocycles. The summed E-state index contributed by atoms with van der Waals surface area (Å²) < 4.78 is 1.97. The smallest absolute Gasteiger partial charge is 0.0674 e. The predicted octanol–water partition coefficient (Wildman–Crippen LogP) is 3.11. The van der Waals surface area contributed by atoms with E-state index in [1.807, 2.05) is 28.9 Å². The first kappa shape index (κ1) is 13.1. The molecule has 0 aliphatic heterocycles. The molecule has 0 bridgehead atoms. The normalized spacial score (nSPS) is 10.9. The van der Waals surface area contributed by atoms with Crippen LogP contribution in [-0.2, 0) is 19.4 Å². The third-order valence-electron chi connectivity index (χ3n) is 3.10. The van der Waals surface area contributed by atoms with Crippen molar-refractivity contribution in [3.05, 3.63) is 46.2 Å². The Kier molecular flexibility index (Phi) is 4.04. The van der Waals surface area contributed by atoms with Gasteiger partial charge in [0.1, 0.15) is 0 Å². The SMILES string of the molecule is CCc1nn(-c2cccc(Cl)c2)c(CC)c1CN. The standard InChI is InChI=1S/C14H18ClN3/c1-3-13-12(9-16)14(4-2)18(17-13)11-7-5-6-10(15)8-11/h5-8H,3-4,9,16H2,1-2H3. The topological polar surface area (TPSA) is 43.8 Å². The molecule has 0 atom stereocenters. The van der Waals surface area contributed by atoms with Crippen molar-refractivity contribution in [2.24, 2.45) is 5.73 Å². The van der Waals surface area contributed by atoms with Gasteiger partial charge in [0.2, 0.25) is 0 Å². The molecule has 0 spiro atoms. The second-order valence-electron chi connectivity index (χ2n) is 4.17. The zero-order valence-electron chi connectivity index (χ0n) is 10.8. The van der Waals surface area contributed by atoms with Crippen LogP contribution in [0.4, 0.5) is 0 Å². The summed E-state index contributed by atoms with van der Waals surface area (Å²) in [6, 6.07) is 7.74. The lowest BCUT2D eigenvalue weighted by atomic mass is 10.1. The van der Waals surface area contributed by atoms with Crippen LogP contribution in [0.5, 0.6) is 0 Å². The molecule has 3 nitrogen and oxygen atoms in total. The van der Waals surface area contributed by atoms with E-state index in [1.54, 1.807) is 0 Å². The van der Waals surface area contributed by atoms with Crippen molar-refractivity contribution in [3.63, 3.8) is 0 Å². The Morgan fingerprint density at radius 3 is 2.61 bits per heavy atom. The molecule has 2 aromatic rings. The van der Waals surface area contributed by atoms with Crippen molar-refractivity contribution in [1.82, 2.24) is 9.78 Å². The van der Waals surface area contributed by atoms with Crippen LogP contribution >= 0.6 is 11.6 Å². The summed E-state index contributed by atoms with van der Waals surface area (Å²) in [6.07, 6.45) is 1.80. The number of benzene rings is 1. The first-order valence-electron chi connectivity index (χ1n) is 6.26. The van der Waals surface area contributed by atoms with Crippen LogP contribution in [0, 0.1) is 0 Å². The quantitative estimate of drug-likeness (QED) is 0.921. The zero-order valence-corrected chi connectivity index (χ0v) is 11.5. The number of nitrogens with zero attached hydrogens (tertiary/aromatic N) is 2. The molecule has 0 fully saturated rings. The van der Waals surface area contributed by atoms with Crippen LogP contribution in [0.2, 0.25) is 5.02 Å². The summed E-state index contributed by atoms with van der Waals surface area (Å²) in [4.78, 5) is 0. The zero-order chi connectivity index (χ0) is 13.1. The van der Waals surface area contributed by atoms with Crippen LogP contribution in [0.25, 0.3) is 5.69 Å². The number of nitrogens with two attached hydrogens (primary N) is 1. The van der Waals surface area contributed by atoms with Gasteiger partial charge in [0.05, 0.1) is 11.4 Å². The van der Waals surface area contributed by atoms with Gasteiger partial charge < -0.3 is 5.73 Å². The fraction of sp³-hybridized carbons (Fsp3) is 0.357. The lowest BCUT2D eigenvalue weighted by Crippen LogP contribution is -2.05.